The van der Waals surface area contributed by atoms with Crippen molar-refractivity contribution in [2.45, 2.75) is 65.5 Å². The molecule has 0 radical (unpaired) electrons. The van der Waals surface area contributed by atoms with Gasteiger partial charge in [0.25, 0.3) is 0 Å². The number of aryl methyl sites for hydroxylation is 2. The molecule has 1 aromatic heterocycles. The molecule has 0 amide bonds. The van der Waals surface area contributed by atoms with Gasteiger partial charge in [-0.15, -0.1) is 0 Å². The predicted molar refractivity (Wildman–Crippen MR) is 149 cm³/mol. The van der Waals surface area contributed by atoms with Crippen LogP contribution < -0.4 is 14.9 Å². The first-order valence-corrected chi connectivity index (χ1v) is 13.1. The minimum atomic E-state index is -0.305. The highest BCUT2D eigenvalue weighted by Gasteiger charge is 2.36. The second-order valence-electron chi connectivity index (χ2n) is 10.7. The third-order valence-corrected chi connectivity index (χ3v) is 6.68. The van der Waals surface area contributed by atoms with Crippen molar-refractivity contribution < 1.29 is 10.9 Å². The van der Waals surface area contributed by atoms with E-state index in [2.05, 4.69) is 96.7 Å². The molecule has 0 spiro atoms. The molecule has 6 heteroatoms. The van der Waals surface area contributed by atoms with Gasteiger partial charge in [-0.1, -0.05) is 63.6 Å². The molecule has 0 unspecified atom stereocenters. The number of benzene rings is 2. The Morgan fingerprint density at radius 1 is 1.00 bits per heavy atom. The van der Waals surface area contributed by atoms with Crippen LogP contribution in [0.5, 0.6) is 11.5 Å². The number of fused-ring (bicyclic) bond motifs is 1. The molecular formula is C30H42N4O2. The monoisotopic (exact) mass is 490 g/mol. The average Bonchev–Trinajstić information content (AvgIpc) is 3.54. The highest BCUT2D eigenvalue weighted by Crippen LogP contribution is 2.36. The molecule has 36 heavy (non-hydrogen) atoms. The number of nitrogens with one attached hydrogen (secondary N) is 1. The first kappa shape index (κ1) is 25.8. The van der Waals surface area contributed by atoms with Gasteiger partial charge in [-0.2, -0.15) is 5.11 Å². The quantitative estimate of drug-likeness (QED) is 0.117. The minimum absolute atomic E-state index is 0. The lowest BCUT2D eigenvalue weighted by atomic mass is 9.92. The van der Waals surface area contributed by atoms with Crippen molar-refractivity contribution in [2.75, 3.05) is 20.3 Å². The molecule has 4 rings (SSSR count). The summed E-state index contributed by atoms with van der Waals surface area (Å²) in [5.41, 5.74) is 6.79. The molecule has 0 aliphatic heterocycles. The molecular weight excluding hydrogens is 448 g/mol. The van der Waals surface area contributed by atoms with Crippen molar-refractivity contribution in [2.24, 2.45) is 15.8 Å². The lowest BCUT2D eigenvalue weighted by molar-refractivity contribution is 0.216. The third kappa shape index (κ3) is 6.28. The van der Waals surface area contributed by atoms with Crippen LogP contribution in [0, 0.1) is 5.41 Å². The van der Waals surface area contributed by atoms with E-state index in [1.54, 1.807) is 7.05 Å². The fourth-order valence-corrected chi connectivity index (χ4v) is 4.40. The van der Waals surface area contributed by atoms with Gasteiger partial charge in [0.2, 0.25) is 0 Å². The lowest BCUT2D eigenvalue weighted by Crippen LogP contribution is -2.25. The van der Waals surface area contributed by atoms with Crippen LogP contribution in [0.3, 0.4) is 0 Å². The topological polar surface area (TPSA) is 60.1 Å². The van der Waals surface area contributed by atoms with Crippen molar-refractivity contribution in [1.29, 1.82) is 0 Å². The normalized spacial score (nSPS) is 14.5. The van der Waals surface area contributed by atoms with Crippen LogP contribution in [0.15, 0.2) is 71.2 Å². The third-order valence-electron chi connectivity index (χ3n) is 6.68. The Morgan fingerprint density at radius 2 is 1.75 bits per heavy atom. The summed E-state index contributed by atoms with van der Waals surface area (Å²) in [5.74, 6) is 1.80. The van der Waals surface area contributed by atoms with Gasteiger partial charge < -0.3 is 14.0 Å². The zero-order valence-corrected chi connectivity index (χ0v) is 22.4. The second kappa shape index (κ2) is 11.2. The SMILES string of the molecule is CCCCc1c(OCCOc2ccc(C3(NN=NC)C=C3)cc2)ccc2c1ccn2CCC(C)(C)C.[HH]. The van der Waals surface area contributed by atoms with E-state index in [1.165, 1.54) is 16.5 Å². The first-order valence-electron chi connectivity index (χ1n) is 13.1. The maximum absolute atomic E-state index is 6.24. The lowest BCUT2D eigenvalue weighted by Gasteiger charge is -2.19. The molecule has 0 saturated carbocycles. The highest BCUT2D eigenvalue weighted by atomic mass is 16.5. The maximum Gasteiger partial charge on any atom is 0.123 e. The number of unbranched alkanes of at least 4 members (excludes halogenated alkanes) is 1. The average molecular weight is 491 g/mol. The Kier molecular flexibility index (Phi) is 8.02. The molecule has 2 aromatic carbocycles. The van der Waals surface area contributed by atoms with Crippen LogP contribution in [0.2, 0.25) is 0 Å². The second-order valence-corrected chi connectivity index (χ2v) is 10.7. The zero-order chi connectivity index (χ0) is 25.6. The summed E-state index contributed by atoms with van der Waals surface area (Å²) < 4.78 is 14.6. The number of ether oxygens (including phenoxy) is 2. The van der Waals surface area contributed by atoms with Gasteiger partial charge in [-0.05, 0) is 60.6 Å². The summed E-state index contributed by atoms with van der Waals surface area (Å²) in [4.78, 5) is 0. The van der Waals surface area contributed by atoms with Gasteiger partial charge in [0.05, 0.1) is 7.05 Å². The minimum Gasteiger partial charge on any atom is -0.490 e. The largest absolute Gasteiger partial charge is 0.490 e. The molecule has 0 bridgehead atoms. The smallest absolute Gasteiger partial charge is 0.123 e. The Hall–Kier alpha value is -3.28. The standard InChI is InChI=1S/C30H40N4O2.H2/c1-6-7-8-26-25-15-19-34(20-18-29(2,3)4)27(25)13-14-28(26)36-22-21-35-24-11-9-23(10-12-24)30(16-17-30)32-33-31-5;/h9-17,19H,6-8,18,20-22H2,1-5H3,(H,31,32);1H. The van der Waals surface area contributed by atoms with Gasteiger partial charge in [0.1, 0.15) is 30.3 Å². The van der Waals surface area contributed by atoms with Gasteiger partial charge in [0, 0.05) is 30.6 Å². The van der Waals surface area contributed by atoms with E-state index < -0.39 is 0 Å². The molecule has 0 fully saturated rings. The molecule has 194 valence electrons. The van der Waals surface area contributed by atoms with E-state index in [0.29, 0.717) is 18.6 Å². The van der Waals surface area contributed by atoms with E-state index in [0.717, 1.165) is 49.3 Å². The van der Waals surface area contributed by atoms with E-state index in [4.69, 9.17) is 9.47 Å². The molecule has 1 aliphatic carbocycles. The Balaban J connectivity index is 0.00000380. The molecule has 3 aromatic rings. The van der Waals surface area contributed by atoms with Gasteiger partial charge in [0.15, 0.2) is 0 Å². The van der Waals surface area contributed by atoms with Crippen LogP contribution in [-0.2, 0) is 18.5 Å². The predicted octanol–water partition coefficient (Wildman–Crippen LogP) is 7.48. The Labute approximate surface area is 216 Å². The summed E-state index contributed by atoms with van der Waals surface area (Å²) >= 11 is 0. The number of nitrogens with zero attached hydrogens (tertiary/aromatic N) is 3. The molecule has 1 heterocycles. The molecule has 1 aliphatic rings. The van der Waals surface area contributed by atoms with Crippen molar-refractivity contribution in [3.05, 3.63) is 71.9 Å². The number of hydrogen-bond donors (Lipinski definition) is 1. The zero-order valence-electron chi connectivity index (χ0n) is 22.4. The number of rotatable bonds is 13. The molecule has 6 nitrogen and oxygen atoms in total. The van der Waals surface area contributed by atoms with Crippen LogP contribution in [0.4, 0.5) is 0 Å². The molecule has 0 saturated heterocycles. The van der Waals surface area contributed by atoms with E-state index >= 15 is 0 Å². The van der Waals surface area contributed by atoms with Crippen LogP contribution >= 0.6 is 0 Å². The Morgan fingerprint density at radius 3 is 2.42 bits per heavy atom. The summed E-state index contributed by atoms with van der Waals surface area (Å²) in [5, 5.41) is 9.00. The number of hydrogen-bond acceptors (Lipinski definition) is 4. The van der Waals surface area contributed by atoms with Crippen molar-refractivity contribution >= 4 is 10.9 Å². The van der Waals surface area contributed by atoms with Crippen molar-refractivity contribution in [1.82, 2.24) is 9.99 Å². The van der Waals surface area contributed by atoms with E-state index in [-0.39, 0.29) is 6.97 Å². The fourth-order valence-electron chi connectivity index (χ4n) is 4.40. The van der Waals surface area contributed by atoms with Crippen molar-refractivity contribution in [3.63, 3.8) is 0 Å². The Bertz CT molecular complexity index is 1200. The summed E-state index contributed by atoms with van der Waals surface area (Å²) in [6.07, 6.45) is 10.8. The van der Waals surface area contributed by atoms with Crippen molar-refractivity contribution in [3.8, 4) is 11.5 Å². The fraction of sp³-hybridized carbons (Fsp3) is 0.467. The van der Waals surface area contributed by atoms with Crippen LogP contribution in [-0.4, -0.2) is 24.8 Å². The van der Waals surface area contributed by atoms with Gasteiger partial charge >= 0.3 is 0 Å². The van der Waals surface area contributed by atoms with E-state index in [9.17, 15) is 0 Å². The van der Waals surface area contributed by atoms with E-state index in [1.807, 2.05) is 12.1 Å². The number of aromatic nitrogens is 1. The highest BCUT2D eigenvalue weighted by molar-refractivity contribution is 5.86. The first-order chi connectivity index (χ1) is 17.3. The van der Waals surface area contributed by atoms with Crippen LogP contribution in [0.25, 0.3) is 10.9 Å². The summed E-state index contributed by atoms with van der Waals surface area (Å²) in [6, 6.07) is 14.7. The summed E-state index contributed by atoms with van der Waals surface area (Å²) in [7, 11) is 1.65. The van der Waals surface area contributed by atoms with Crippen LogP contribution in [0.1, 0.15) is 59.5 Å². The molecule has 1 N–H and O–H groups in total. The molecule has 0 atom stereocenters. The van der Waals surface area contributed by atoms with Gasteiger partial charge in [-0.25, -0.2) is 0 Å². The maximum atomic E-state index is 6.24. The summed E-state index contributed by atoms with van der Waals surface area (Å²) in [6.45, 7) is 11.1. The van der Waals surface area contributed by atoms with Gasteiger partial charge in [-0.3, -0.25) is 5.43 Å².